The zero-order valence-corrected chi connectivity index (χ0v) is 16.5. The van der Waals surface area contributed by atoms with Gasteiger partial charge in [-0.2, -0.15) is 0 Å². The molecule has 1 aliphatic carbocycles. The lowest BCUT2D eigenvalue weighted by Gasteiger charge is -2.32. The molecule has 1 aliphatic heterocycles. The Bertz CT molecular complexity index is 998. The van der Waals surface area contributed by atoms with Crippen LogP contribution in [0.3, 0.4) is 0 Å². The first-order valence-electron chi connectivity index (χ1n) is 9.64. The molecule has 1 aromatic carbocycles. The van der Waals surface area contributed by atoms with E-state index in [0.717, 1.165) is 42.7 Å². The topological polar surface area (TPSA) is 74.8 Å². The monoisotopic (exact) mass is 399 g/mol. The van der Waals surface area contributed by atoms with E-state index in [1.54, 1.807) is 12.1 Å². The molecule has 0 radical (unpaired) electrons. The van der Waals surface area contributed by atoms with Gasteiger partial charge in [0.2, 0.25) is 0 Å². The Balaban J connectivity index is 1.83. The van der Waals surface area contributed by atoms with E-state index in [0.29, 0.717) is 28.5 Å². The number of Topliss-reactive ketones (excluding diaryl/α,β-unsaturated/α-hetero) is 1. The number of aromatic amines is 1. The highest BCUT2D eigenvalue weighted by Gasteiger charge is 2.37. The minimum Gasteiger partial charge on any atom is -0.343 e. The summed E-state index contributed by atoms with van der Waals surface area (Å²) in [4.78, 5) is 33.2. The fraction of sp³-hybridized carbons (Fsp3) is 0.381. The van der Waals surface area contributed by atoms with Gasteiger partial charge in [0.15, 0.2) is 10.9 Å². The molecule has 2 aliphatic rings. The number of anilines is 1. The molecular weight excluding hydrogens is 377 g/mol. The van der Waals surface area contributed by atoms with Gasteiger partial charge >= 0.3 is 0 Å². The van der Waals surface area contributed by atoms with Crippen LogP contribution in [0.1, 0.15) is 56.1 Å². The van der Waals surface area contributed by atoms with E-state index in [9.17, 15) is 14.0 Å². The molecule has 28 heavy (non-hydrogen) atoms. The summed E-state index contributed by atoms with van der Waals surface area (Å²) in [7, 11) is 0. The van der Waals surface area contributed by atoms with Crippen molar-refractivity contribution in [2.45, 2.75) is 50.1 Å². The standard InChI is InChI=1S/C21H22FN3O2S/c1-2-3-11-28-21-24-19-18(20(27)25-21)16(12-7-9-13(22)10-8-12)17-14(23-19)5-4-6-15(17)26/h7-10,16H,2-6,11H2,1H3,(H2,23,24,25,27)/t16-/m0/s1. The lowest BCUT2D eigenvalue weighted by molar-refractivity contribution is -0.116. The van der Waals surface area contributed by atoms with Crippen LogP contribution in [0.5, 0.6) is 0 Å². The quantitative estimate of drug-likeness (QED) is 0.444. The van der Waals surface area contributed by atoms with Gasteiger partial charge in [0, 0.05) is 29.4 Å². The van der Waals surface area contributed by atoms with Crippen LogP contribution in [0.15, 0.2) is 45.5 Å². The number of hydrogen-bond acceptors (Lipinski definition) is 5. The Morgan fingerprint density at radius 3 is 2.75 bits per heavy atom. The fourth-order valence-electron chi connectivity index (χ4n) is 3.81. The molecule has 0 fully saturated rings. The van der Waals surface area contributed by atoms with Gasteiger partial charge in [0.1, 0.15) is 11.6 Å². The van der Waals surface area contributed by atoms with Crippen molar-refractivity contribution in [1.29, 1.82) is 0 Å². The van der Waals surface area contributed by atoms with E-state index < -0.39 is 5.92 Å². The molecule has 4 rings (SSSR count). The van der Waals surface area contributed by atoms with Crippen molar-refractivity contribution in [3.05, 3.63) is 62.8 Å². The highest BCUT2D eigenvalue weighted by atomic mass is 32.2. The Labute approximate surface area is 166 Å². The van der Waals surface area contributed by atoms with Gasteiger partial charge in [-0.15, -0.1) is 0 Å². The van der Waals surface area contributed by atoms with Crippen molar-refractivity contribution < 1.29 is 9.18 Å². The number of aromatic nitrogens is 2. The zero-order valence-electron chi connectivity index (χ0n) is 15.7. The second-order valence-corrected chi connectivity index (χ2v) is 8.20. The number of hydrogen-bond donors (Lipinski definition) is 2. The normalized spacial score (nSPS) is 18.5. The first-order chi connectivity index (χ1) is 13.6. The number of thioether (sulfide) groups is 1. The van der Waals surface area contributed by atoms with Gasteiger partial charge in [-0.3, -0.25) is 9.59 Å². The minimum absolute atomic E-state index is 0.0366. The highest BCUT2D eigenvalue weighted by Crippen LogP contribution is 2.43. The summed E-state index contributed by atoms with van der Waals surface area (Å²) in [6.45, 7) is 2.12. The van der Waals surface area contributed by atoms with E-state index in [2.05, 4.69) is 22.2 Å². The number of rotatable bonds is 5. The number of nitrogens with one attached hydrogen (secondary N) is 2. The number of benzene rings is 1. The van der Waals surface area contributed by atoms with Crippen LogP contribution >= 0.6 is 11.8 Å². The highest BCUT2D eigenvalue weighted by molar-refractivity contribution is 7.99. The van der Waals surface area contributed by atoms with Crippen molar-refractivity contribution in [1.82, 2.24) is 9.97 Å². The second-order valence-electron chi connectivity index (χ2n) is 7.11. The number of unbranched alkanes of at least 4 members (excludes halogenated alkanes) is 1. The van der Waals surface area contributed by atoms with E-state index in [4.69, 9.17) is 0 Å². The van der Waals surface area contributed by atoms with E-state index >= 15 is 0 Å². The van der Waals surface area contributed by atoms with Gasteiger partial charge in [0.05, 0.1) is 5.56 Å². The largest absolute Gasteiger partial charge is 0.343 e. The average molecular weight is 399 g/mol. The third kappa shape index (κ3) is 3.51. The molecule has 2 N–H and O–H groups in total. The maximum Gasteiger partial charge on any atom is 0.257 e. The van der Waals surface area contributed by atoms with Crippen LogP contribution < -0.4 is 10.9 Å². The summed E-state index contributed by atoms with van der Waals surface area (Å²) in [5, 5.41) is 3.83. The molecule has 0 bridgehead atoms. The molecule has 0 saturated carbocycles. The lowest BCUT2D eigenvalue weighted by Crippen LogP contribution is -2.32. The Kier molecular flexibility index (Phi) is 5.35. The summed E-state index contributed by atoms with van der Waals surface area (Å²) < 4.78 is 13.5. The third-order valence-corrected chi connectivity index (χ3v) is 6.14. The summed E-state index contributed by atoms with van der Waals surface area (Å²) in [6.07, 6.45) is 4.10. The number of nitrogens with zero attached hydrogens (tertiary/aromatic N) is 1. The molecule has 1 aromatic heterocycles. The number of fused-ring (bicyclic) bond motifs is 1. The number of halogens is 1. The van der Waals surface area contributed by atoms with Gasteiger partial charge in [0.25, 0.3) is 5.56 Å². The van der Waals surface area contributed by atoms with Crippen LogP contribution in [-0.4, -0.2) is 21.5 Å². The number of ketones is 1. The Morgan fingerprint density at radius 1 is 1.21 bits per heavy atom. The number of carbonyl (C=O) groups is 1. The molecule has 1 atom stereocenters. The van der Waals surface area contributed by atoms with Crippen molar-refractivity contribution in [3.63, 3.8) is 0 Å². The molecule has 146 valence electrons. The predicted molar refractivity (Wildman–Crippen MR) is 108 cm³/mol. The van der Waals surface area contributed by atoms with Crippen LogP contribution in [0.4, 0.5) is 10.2 Å². The molecule has 5 nitrogen and oxygen atoms in total. The minimum atomic E-state index is -0.523. The molecular formula is C21H22FN3O2S. The molecule has 2 heterocycles. The number of H-pyrrole nitrogens is 1. The molecule has 7 heteroatoms. The van der Waals surface area contributed by atoms with Gasteiger partial charge in [-0.05, 0) is 37.0 Å². The SMILES string of the molecule is CCCCSc1nc2c(c(=O)[nH]1)[C@@H](c1ccc(F)cc1)C1=C(CCCC1=O)N2. The van der Waals surface area contributed by atoms with Crippen LogP contribution in [0.2, 0.25) is 0 Å². The third-order valence-electron chi connectivity index (χ3n) is 5.18. The summed E-state index contributed by atoms with van der Waals surface area (Å²) in [6, 6.07) is 6.01. The van der Waals surface area contributed by atoms with Crippen LogP contribution in [0.25, 0.3) is 0 Å². The van der Waals surface area contributed by atoms with Gasteiger partial charge in [-0.25, -0.2) is 9.37 Å². The Morgan fingerprint density at radius 2 is 2.00 bits per heavy atom. The molecule has 2 aromatic rings. The number of allylic oxidation sites excluding steroid dienone is 2. The summed E-state index contributed by atoms with van der Waals surface area (Å²) >= 11 is 1.52. The first-order valence-corrected chi connectivity index (χ1v) is 10.6. The van der Waals surface area contributed by atoms with Crippen molar-refractivity contribution in [2.75, 3.05) is 11.1 Å². The maximum absolute atomic E-state index is 13.5. The van der Waals surface area contributed by atoms with Crippen molar-refractivity contribution in [3.8, 4) is 0 Å². The fourth-order valence-corrected chi connectivity index (χ4v) is 4.76. The van der Waals surface area contributed by atoms with Crippen LogP contribution in [0, 0.1) is 5.82 Å². The van der Waals surface area contributed by atoms with Crippen LogP contribution in [-0.2, 0) is 4.79 Å². The predicted octanol–water partition coefficient (Wildman–Crippen LogP) is 4.37. The summed E-state index contributed by atoms with van der Waals surface area (Å²) in [5.41, 5.74) is 2.35. The molecule has 0 spiro atoms. The molecule has 0 saturated heterocycles. The molecule has 0 unspecified atom stereocenters. The average Bonchev–Trinajstić information content (AvgIpc) is 2.67. The van der Waals surface area contributed by atoms with Crippen molar-refractivity contribution >= 4 is 23.4 Å². The van der Waals surface area contributed by atoms with Crippen molar-refractivity contribution in [2.24, 2.45) is 0 Å². The van der Waals surface area contributed by atoms with E-state index in [1.165, 1.54) is 23.9 Å². The molecule has 0 amide bonds. The smallest absolute Gasteiger partial charge is 0.257 e. The maximum atomic E-state index is 13.5. The van der Waals surface area contributed by atoms with Gasteiger partial charge < -0.3 is 10.3 Å². The second kappa shape index (κ2) is 7.91. The van der Waals surface area contributed by atoms with E-state index in [1.807, 2.05) is 0 Å². The first kappa shape index (κ1) is 18.9. The van der Waals surface area contributed by atoms with E-state index in [-0.39, 0.29) is 17.2 Å². The van der Waals surface area contributed by atoms with Gasteiger partial charge in [-0.1, -0.05) is 37.2 Å². The number of carbonyl (C=O) groups excluding carboxylic acids is 1. The summed E-state index contributed by atoms with van der Waals surface area (Å²) in [5.74, 6) is 0.550. The zero-order chi connectivity index (χ0) is 19.7. The lowest BCUT2D eigenvalue weighted by atomic mass is 9.76. The Hall–Kier alpha value is -2.41.